The quantitative estimate of drug-likeness (QED) is 0.322. The van der Waals surface area contributed by atoms with Gasteiger partial charge in [0.05, 0.1) is 35.4 Å². The van der Waals surface area contributed by atoms with Crippen molar-refractivity contribution in [3.8, 4) is 5.75 Å². The molecule has 0 saturated carbocycles. The number of nitrogens with two attached hydrogens (primary N) is 1. The number of thiophene rings is 1. The summed E-state index contributed by atoms with van der Waals surface area (Å²) in [5.41, 5.74) is 7.96. The molecule has 0 aliphatic carbocycles. The number of methoxy groups -OCH3 is 1. The number of primary amides is 1. The highest BCUT2D eigenvalue weighted by Crippen LogP contribution is 2.35. The van der Waals surface area contributed by atoms with Crippen LogP contribution in [0, 0.1) is 0 Å². The molecule has 184 valence electrons. The first kappa shape index (κ1) is 25.0. The summed E-state index contributed by atoms with van der Waals surface area (Å²) in [6.45, 7) is 1.11. The van der Waals surface area contributed by atoms with Gasteiger partial charge in [0.15, 0.2) is 5.82 Å². The summed E-state index contributed by atoms with van der Waals surface area (Å²) in [6, 6.07) is 16.3. The Morgan fingerprint density at radius 2 is 1.94 bits per heavy atom. The first-order valence-electron chi connectivity index (χ1n) is 10.5. The molecule has 0 unspecified atom stereocenters. The lowest BCUT2D eigenvalue weighted by atomic mass is 10.1. The van der Waals surface area contributed by atoms with E-state index in [1.54, 1.807) is 10.7 Å². The highest BCUT2D eigenvalue weighted by atomic mass is 35.5. The molecule has 2 heterocycles. The third-order valence-electron chi connectivity index (χ3n) is 5.21. The lowest BCUT2D eigenvalue weighted by Gasteiger charge is -2.15. The van der Waals surface area contributed by atoms with Crippen molar-refractivity contribution < 1.29 is 17.9 Å². The second-order valence-electron chi connectivity index (χ2n) is 7.98. The van der Waals surface area contributed by atoms with Crippen LogP contribution in [0.2, 0.25) is 4.34 Å². The number of hydrogen-bond donors (Lipinski definition) is 2. The van der Waals surface area contributed by atoms with Gasteiger partial charge in [-0.15, -0.1) is 11.3 Å². The lowest BCUT2D eigenvalue weighted by molar-refractivity contribution is -0.118. The molecule has 1 amide bonds. The molecule has 12 heteroatoms. The molecule has 4 rings (SSSR count). The molecule has 0 fully saturated rings. The largest absolute Gasteiger partial charge is 0.496 e. The molecule has 0 radical (unpaired) electrons. The number of nitrogens with zero attached hydrogens (tertiary/aromatic N) is 3. The summed E-state index contributed by atoms with van der Waals surface area (Å²) < 4.78 is 36.2. The smallest absolute Gasteiger partial charge is 0.272 e. The molecular weight excluding hydrogens is 510 g/mol. The number of sulfonamides is 1. The fraction of sp³-hybridized carbons (Fsp3) is 0.217. The Balaban J connectivity index is 1.68. The zero-order valence-corrected chi connectivity index (χ0v) is 21.5. The van der Waals surface area contributed by atoms with Crippen molar-refractivity contribution in [3.05, 3.63) is 70.1 Å². The van der Waals surface area contributed by atoms with Crippen LogP contribution in [0.15, 0.2) is 58.8 Å². The highest BCUT2D eigenvalue weighted by molar-refractivity contribution is 7.94. The SMILES string of the molecule is COc1cccc2c1c(NS(=O)(=O)c1ccc(Cl)s1)nn2Cc1cccc(CN(C)CC(N)=O)c1. The zero-order chi connectivity index (χ0) is 25.2. The number of amides is 1. The minimum absolute atomic E-state index is 0.0906. The molecule has 2 aromatic carbocycles. The van der Waals surface area contributed by atoms with Gasteiger partial charge in [-0.1, -0.05) is 41.9 Å². The summed E-state index contributed by atoms with van der Waals surface area (Å²) in [7, 11) is -0.543. The van der Waals surface area contributed by atoms with E-state index in [0.29, 0.717) is 34.1 Å². The average molecular weight is 534 g/mol. The molecule has 35 heavy (non-hydrogen) atoms. The van der Waals surface area contributed by atoms with Crippen LogP contribution in [-0.2, 0) is 27.9 Å². The maximum Gasteiger partial charge on any atom is 0.272 e. The summed E-state index contributed by atoms with van der Waals surface area (Å²) in [5, 5.41) is 5.14. The number of aromatic nitrogens is 2. The zero-order valence-electron chi connectivity index (χ0n) is 19.1. The van der Waals surface area contributed by atoms with Crippen LogP contribution >= 0.6 is 22.9 Å². The van der Waals surface area contributed by atoms with E-state index in [1.807, 2.05) is 48.3 Å². The van der Waals surface area contributed by atoms with Crippen LogP contribution in [0.25, 0.3) is 10.9 Å². The fourth-order valence-corrected chi connectivity index (χ4v) is 6.30. The minimum Gasteiger partial charge on any atom is -0.496 e. The lowest BCUT2D eigenvalue weighted by Crippen LogP contribution is -2.30. The molecule has 0 atom stereocenters. The van der Waals surface area contributed by atoms with Crippen LogP contribution in [-0.4, -0.2) is 49.7 Å². The monoisotopic (exact) mass is 533 g/mol. The van der Waals surface area contributed by atoms with Gasteiger partial charge in [-0.05, 0) is 42.4 Å². The van der Waals surface area contributed by atoms with E-state index < -0.39 is 10.0 Å². The van der Waals surface area contributed by atoms with E-state index in [-0.39, 0.29) is 22.5 Å². The molecule has 0 aliphatic rings. The number of ether oxygens (including phenoxy) is 1. The number of nitrogens with one attached hydrogen (secondary N) is 1. The fourth-order valence-electron chi connectivity index (χ4n) is 3.81. The molecule has 2 aromatic heterocycles. The summed E-state index contributed by atoms with van der Waals surface area (Å²) in [6.07, 6.45) is 0. The molecule has 0 aliphatic heterocycles. The van der Waals surface area contributed by atoms with Crippen molar-refractivity contribution in [2.45, 2.75) is 17.3 Å². The number of anilines is 1. The van der Waals surface area contributed by atoms with Gasteiger partial charge in [-0.2, -0.15) is 5.10 Å². The Hall–Kier alpha value is -3.12. The summed E-state index contributed by atoms with van der Waals surface area (Å²) in [4.78, 5) is 13.0. The van der Waals surface area contributed by atoms with Crippen LogP contribution in [0.1, 0.15) is 11.1 Å². The third kappa shape index (κ3) is 5.76. The topological polar surface area (TPSA) is 120 Å². The van der Waals surface area contributed by atoms with Gasteiger partial charge in [0.25, 0.3) is 10.0 Å². The van der Waals surface area contributed by atoms with Gasteiger partial charge in [0, 0.05) is 6.54 Å². The molecule has 9 nitrogen and oxygen atoms in total. The van der Waals surface area contributed by atoms with Crippen LogP contribution in [0.4, 0.5) is 5.82 Å². The standard InChI is InChI=1S/C23H24ClN5O4S2/c1-28(14-20(25)30)12-15-5-3-6-16(11-15)13-29-17-7-4-8-18(33-2)22(17)23(26-29)27-35(31,32)21-10-9-19(24)34-21/h3-11H,12-14H2,1-2H3,(H2,25,30)(H,26,27). The van der Waals surface area contributed by atoms with Crippen molar-refractivity contribution >= 4 is 55.6 Å². The van der Waals surface area contributed by atoms with Crippen LogP contribution in [0.3, 0.4) is 0 Å². The van der Waals surface area contributed by atoms with Crippen molar-refractivity contribution in [2.24, 2.45) is 5.73 Å². The van der Waals surface area contributed by atoms with Gasteiger partial charge >= 0.3 is 0 Å². The predicted molar refractivity (Wildman–Crippen MR) is 137 cm³/mol. The molecule has 3 N–H and O–H groups in total. The van der Waals surface area contributed by atoms with E-state index >= 15 is 0 Å². The second kappa shape index (κ2) is 10.2. The molecule has 0 saturated heterocycles. The molecule has 0 spiro atoms. The van der Waals surface area contributed by atoms with Gasteiger partial charge in [0.1, 0.15) is 9.96 Å². The first-order chi connectivity index (χ1) is 16.7. The van der Waals surface area contributed by atoms with E-state index in [1.165, 1.54) is 19.2 Å². The Kier molecular flexibility index (Phi) is 7.31. The van der Waals surface area contributed by atoms with Crippen molar-refractivity contribution in [2.75, 3.05) is 25.4 Å². The van der Waals surface area contributed by atoms with Gasteiger partial charge in [-0.25, -0.2) is 8.42 Å². The molecular formula is C23H24ClN5O4S2. The number of rotatable bonds is 10. The Labute approximate surface area is 212 Å². The van der Waals surface area contributed by atoms with Crippen LogP contribution < -0.4 is 15.2 Å². The van der Waals surface area contributed by atoms with E-state index in [0.717, 1.165) is 22.5 Å². The summed E-state index contributed by atoms with van der Waals surface area (Å²) in [5.74, 6) is 0.275. The van der Waals surface area contributed by atoms with E-state index in [2.05, 4.69) is 9.82 Å². The van der Waals surface area contributed by atoms with Crippen LogP contribution in [0.5, 0.6) is 5.75 Å². The minimum atomic E-state index is -3.89. The first-order valence-corrected chi connectivity index (χ1v) is 13.2. The number of halogens is 1. The number of fused-ring (bicyclic) bond motifs is 1. The van der Waals surface area contributed by atoms with E-state index in [4.69, 9.17) is 22.1 Å². The maximum atomic E-state index is 13.0. The molecule has 4 aromatic rings. The number of carbonyl (C=O) groups is 1. The number of likely N-dealkylation sites (N-methyl/N-ethyl adjacent to an activating group) is 1. The normalized spacial score (nSPS) is 11.8. The van der Waals surface area contributed by atoms with Crippen molar-refractivity contribution in [1.29, 1.82) is 0 Å². The number of benzene rings is 2. The Morgan fingerprint density at radius 3 is 2.63 bits per heavy atom. The summed E-state index contributed by atoms with van der Waals surface area (Å²) >= 11 is 6.90. The van der Waals surface area contributed by atoms with Gasteiger partial charge in [0.2, 0.25) is 5.91 Å². The van der Waals surface area contributed by atoms with Crippen molar-refractivity contribution in [1.82, 2.24) is 14.7 Å². The average Bonchev–Trinajstić information content (AvgIpc) is 3.37. The second-order valence-corrected chi connectivity index (χ2v) is 11.6. The van der Waals surface area contributed by atoms with E-state index in [9.17, 15) is 13.2 Å². The maximum absolute atomic E-state index is 13.0. The number of carbonyl (C=O) groups excluding carboxylic acids is 1. The Bertz CT molecular complexity index is 1480. The predicted octanol–water partition coefficient (Wildman–Crippen LogP) is 3.53. The highest BCUT2D eigenvalue weighted by Gasteiger charge is 2.23. The Morgan fingerprint density at radius 1 is 1.20 bits per heavy atom. The third-order valence-corrected chi connectivity index (χ3v) is 8.27. The van der Waals surface area contributed by atoms with Gasteiger partial charge in [-0.3, -0.25) is 19.1 Å². The van der Waals surface area contributed by atoms with Crippen molar-refractivity contribution in [3.63, 3.8) is 0 Å². The van der Waals surface area contributed by atoms with Gasteiger partial charge < -0.3 is 10.5 Å². The number of hydrogen-bond acceptors (Lipinski definition) is 7. The molecule has 0 bridgehead atoms.